The molecule has 122 valence electrons. The number of fused-ring (bicyclic) bond motifs is 1. The molecule has 23 heavy (non-hydrogen) atoms. The number of imidazole rings is 1. The molecule has 1 aliphatic heterocycles. The van der Waals surface area contributed by atoms with Gasteiger partial charge in [0.2, 0.25) is 5.67 Å². The molecule has 0 saturated carbocycles. The van der Waals surface area contributed by atoms with Gasteiger partial charge in [0.25, 0.3) is 0 Å². The Morgan fingerprint density at radius 1 is 1.52 bits per heavy atom. The van der Waals surface area contributed by atoms with Gasteiger partial charge >= 0.3 is 0 Å². The molecule has 0 unspecified atom stereocenters. The molecule has 2 aromatic heterocycles. The molecule has 3 heterocycles. The van der Waals surface area contributed by atoms with Crippen molar-refractivity contribution >= 4 is 16.9 Å². The van der Waals surface area contributed by atoms with Crippen LogP contribution in [0.1, 0.15) is 6.23 Å². The number of hydrogen-bond acceptors (Lipinski definition) is 6. The molecule has 3 rings (SSSR count). The molecule has 9 heteroatoms. The average molecular weight is 324 g/mol. The number of alkyl halides is 2. The predicted octanol–water partition coefficient (Wildman–Crippen LogP) is -0.0547. The van der Waals surface area contributed by atoms with Crippen molar-refractivity contribution in [3.63, 3.8) is 0 Å². The molecule has 0 bridgehead atoms. The van der Waals surface area contributed by atoms with E-state index in [1.54, 1.807) is 5.92 Å². The van der Waals surface area contributed by atoms with E-state index in [0.717, 1.165) is 4.57 Å². The first-order chi connectivity index (χ1) is 10.9. The topological polar surface area (TPSA) is 106 Å². The number of aromatic nitrogens is 3. The minimum absolute atomic E-state index is 0.159. The van der Waals surface area contributed by atoms with Gasteiger partial charge in [0.05, 0.1) is 18.6 Å². The largest absolute Gasteiger partial charge is 0.397 e. The second-order valence-electron chi connectivity index (χ2n) is 5.37. The van der Waals surface area contributed by atoms with Crippen molar-refractivity contribution in [3.8, 4) is 12.3 Å². The van der Waals surface area contributed by atoms with Crippen LogP contribution in [0, 0.1) is 12.3 Å². The van der Waals surface area contributed by atoms with Crippen molar-refractivity contribution in [2.75, 3.05) is 19.0 Å². The van der Waals surface area contributed by atoms with Crippen LogP contribution in [-0.4, -0.2) is 55.4 Å². The van der Waals surface area contributed by atoms with Gasteiger partial charge in [-0.3, -0.25) is 4.57 Å². The number of terminal acetylenes is 1. The lowest BCUT2D eigenvalue weighted by Crippen LogP contribution is -2.51. The van der Waals surface area contributed by atoms with Crippen LogP contribution < -0.4 is 5.73 Å². The van der Waals surface area contributed by atoms with E-state index in [1.165, 1.54) is 18.6 Å². The first-order valence-corrected chi connectivity index (χ1v) is 6.70. The molecule has 2 aromatic rings. The molecule has 0 radical (unpaired) electrons. The summed E-state index contributed by atoms with van der Waals surface area (Å²) in [6.07, 6.45) is 4.08. The fourth-order valence-electron chi connectivity index (χ4n) is 2.70. The molecule has 0 amide bonds. The van der Waals surface area contributed by atoms with Crippen molar-refractivity contribution in [3.05, 3.63) is 18.6 Å². The van der Waals surface area contributed by atoms with Gasteiger partial charge in [-0.25, -0.2) is 18.7 Å². The first kappa shape index (κ1) is 15.6. The lowest BCUT2D eigenvalue weighted by atomic mass is 9.89. The number of anilines is 1. The molecule has 0 aliphatic carbocycles. The van der Waals surface area contributed by atoms with E-state index >= 15 is 4.39 Å². The zero-order valence-corrected chi connectivity index (χ0v) is 11.9. The number of rotatable bonds is 3. The second-order valence-corrected chi connectivity index (χ2v) is 5.37. The van der Waals surface area contributed by atoms with Gasteiger partial charge < -0.3 is 20.7 Å². The van der Waals surface area contributed by atoms with E-state index in [4.69, 9.17) is 16.9 Å². The number of nitrogens with zero attached hydrogens (tertiary/aromatic N) is 3. The quantitative estimate of drug-likeness (QED) is 0.683. The zero-order chi connectivity index (χ0) is 16.8. The monoisotopic (exact) mass is 324 g/mol. The van der Waals surface area contributed by atoms with Crippen LogP contribution >= 0.6 is 0 Å². The Balaban J connectivity index is 2.18. The Morgan fingerprint density at radius 3 is 2.87 bits per heavy atom. The summed E-state index contributed by atoms with van der Waals surface area (Å²) in [6.45, 7) is -2.27. The van der Waals surface area contributed by atoms with Crippen LogP contribution in [0.4, 0.5) is 14.5 Å². The summed E-state index contributed by atoms with van der Waals surface area (Å²) in [4.78, 5) is 8.05. The van der Waals surface area contributed by atoms with Gasteiger partial charge in [0.15, 0.2) is 17.5 Å². The molecule has 1 saturated heterocycles. The van der Waals surface area contributed by atoms with Crippen LogP contribution in [0.15, 0.2) is 18.6 Å². The molecule has 1 aliphatic rings. The molecular formula is C14H14F2N4O3. The molecule has 0 spiro atoms. The minimum Gasteiger partial charge on any atom is -0.397 e. The fraction of sp³-hybridized carbons (Fsp3) is 0.429. The van der Waals surface area contributed by atoms with E-state index in [9.17, 15) is 14.6 Å². The highest BCUT2D eigenvalue weighted by atomic mass is 19.1. The van der Waals surface area contributed by atoms with E-state index in [2.05, 4.69) is 9.97 Å². The highest BCUT2D eigenvalue weighted by Gasteiger charge is 2.65. The van der Waals surface area contributed by atoms with E-state index in [0.29, 0.717) is 5.69 Å². The summed E-state index contributed by atoms with van der Waals surface area (Å²) in [5.41, 5.74) is 1.56. The Morgan fingerprint density at radius 2 is 2.26 bits per heavy atom. The van der Waals surface area contributed by atoms with Gasteiger partial charge in [0, 0.05) is 6.20 Å². The number of ether oxygens (including phenoxy) is 1. The number of aliphatic hydroxyl groups is 2. The standard InChI is InChI=1S/C14H14F2N4O3/c1-2-14(16)11(22)13(5-15,6-21)23-12(14)20-7-19-9-8(17)3-4-18-10(9)20/h1,3-4,7,11-12,21-22H,5-6H2,(H2,17,18)/t11-,12-,13-,14-/m1/s1. The van der Waals surface area contributed by atoms with Crippen molar-refractivity contribution in [2.45, 2.75) is 23.6 Å². The van der Waals surface area contributed by atoms with Crippen LogP contribution in [0.3, 0.4) is 0 Å². The Bertz CT molecular complexity index is 786. The summed E-state index contributed by atoms with van der Waals surface area (Å²) in [5.74, 6) is 1.80. The number of aliphatic hydroxyl groups excluding tert-OH is 2. The predicted molar refractivity (Wildman–Crippen MR) is 76.5 cm³/mol. The van der Waals surface area contributed by atoms with Crippen molar-refractivity contribution in [2.24, 2.45) is 0 Å². The maximum atomic E-state index is 15.2. The third kappa shape index (κ3) is 1.92. The van der Waals surface area contributed by atoms with Crippen molar-refractivity contribution in [1.82, 2.24) is 14.5 Å². The molecule has 4 atom stereocenters. The molecule has 7 nitrogen and oxygen atoms in total. The Hall–Kier alpha value is -2.28. The van der Waals surface area contributed by atoms with Crippen LogP contribution in [0.2, 0.25) is 0 Å². The third-order valence-electron chi connectivity index (χ3n) is 4.06. The lowest BCUT2D eigenvalue weighted by molar-refractivity contribution is -0.136. The maximum Gasteiger partial charge on any atom is 0.243 e. The number of halogens is 2. The lowest BCUT2D eigenvalue weighted by Gasteiger charge is -2.27. The van der Waals surface area contributed by atoms with Gasteiger partial charge in [-0.1, -0.05) is 5.92 Å². The summed E-state index contributed by atoms with van der Waals surface area (Å²) < 4.78 is 34.9. The van der Waals surface area contributed by atoms with Gasteiger partial charge in [-0.05, 0) is 6.07 Å². The second kappa shape index (κ2) is 5.13. The smallest absolute Gasteiger partial charge is 0.243 e. The number of hydrogen-bond donors (Lipinski definition) is 3. The SMILES string of the molecule is C#C[C@@]1(F)[C@H](O)[C@](CO)(CF)O[C@H]1n1cnc2c(N)ccnc21. The first-order valence-electron chi connectivity index (χ1n) is 6.70. The van der Waals surface area contributed by atoms with Crippen molar-refractivity contribution in [1.29, 1.82) is 0 Å². The summed E-state index contributed by atoms with van der Waals surface area (Å²) in [7, 11) is 0. The molecule has 1 fully saturated rings. The molecular weight excluding hydrogens is 310 g/mol. The summed E-state index contributed by atoms with van der Waals surface area (Å²) in [5, 5.41) is 19.5. The highest BCUT2D eigenvalue weighted by Crippen LogP contribution is 2.47. The zero-order valence-electron chi connectivity index (χ0n) is 11.9. The maximum absolute atomic E-state index is 15.2. The highest BCUT2D eigenvalue weighted by molar-refractivity contribution is 5.83. The fourth-order valence-corrected chi connectivity index (χ4v) is 2.70. The van der Waals surface area contributed by atoms with Crippen LogP contribution in [-0.2, 0) is 4.74 Å². The Labute approximate surface area is 129 Å². The van der Waals surface area contributed by atoms with E-state index in [-0.39, 0.29) is 11.2 Å². The number of nitrogens with two attached hydrogens (primary N) is 1. The third-order valence-corrected chi connectivity index (χ3v) is 4.06. The molecule has 0 aromatic carbocycles. The summed E-state index contributed by atoms with van der Waals surface area (Å²) >= 11 is 0. The minimum atomic E-state index is -2.78. The average Bonchev–Trinajstić information content (AvgIpc) is 3.08. The van der Waals surface area contributed by atoms with E-state index < -0.39 is 36.9 Å². The number of pyridine rings is 1. The normalized spacial score (nSPS) is 33.9. The van der Waals surface area contributed by atoms with Gasteiger partial charge in [-0.15, -0.1) is 6.42 Å². The Kier molecular flexibility index (Phi) is 3.48. The van der Waals surface area contributed by atoms with Crippen LogP contribution in [0.25, 0.3) is 11.2 Å². The molecule has 4 N–H and O–H groups in total. The van der Waals surface area contributed by atoms with E-state index in [1.807, 2.05) is 0 Å². The summed E-state index contributed by atoms with van der Waals surface area (Å²) in [6, 6.07) is 1.51. The van der Waals surface area contributed by atoms with Crippen molar-refractivity contribution < 1.29 is 23.7 Å². The van der Waals surface area contributed by atoms with Gasteiger partial charge in [0.1, 0.15) is 18.3 Å². The number of nitrogen functional groups attached to an aromatic ring is 1. The van der Waals surface area contributed by atoms with Gasteiger partial charge in [-0.2, -0.15) is 0 Å². The van der Waals surface area contributed by atoms with Crippen LogP contribution in [0.5, 0.6) is 0 Å².